The molecule has 1 unspecified atom stereocenters. The molecule has 0 aromatic heterocycles. The minimum Gasteiger partial charge on any atom is -0.365 e. The third kappa shape index (κ3) is 1.74. The zero-order valence-electron chi connectivity index (χ0n) is 8.28. The largest absolute Gasteiger partial charge is 0.365 e. The highest BCUT2D eigenvalue weighted by molar-refractivity contribution is 6.27. The van der Waals surface area contributed by atoms with Crippen molar-refractivity contribution in [2.24, 2.45) is 0 Å². The van der Waals surface area contributed by atoms with E-state index < -0.39 is 5.00 Å². The zero-order valence-corrected chi connectivity index (χ0v) is 9.04. The molecule has 2 rings (SSSR count). The molecule has 1 aromatic rings. The van der Waals surface area contributed by atoms with Crippen LogP contribution >= 0.6 is 11.6 Å². The van der Waals surface area contributed by atoms with Crippen LogP contribution in [0.3, 0.4) is 0 Å². The van der Waals surface area contributed by atoms with Gasteiger partial charge in [-0.3, -0.25) is 4.79 Å². The van der Waals surface area contributed by atoms with Crippen LogP contribution in [0.1, 0.15) is 5.56 Å². The number of nitrogens with one attached hydrogen (secondary N) is 1. The van der Waals surface area contributed by atoms with Gasteiger partial charge in [-0.05, 0) is 24.4 Å². The molecular weight excluding hydrogens is 229 g/mol. The van der Waals surface area contributed by atoms with Crippen LogP contribution in [0, 0.1) is 5.82 Å². The van der Waals surface area contributed by atoms with Crippen LogP contribution in [0.25, 0.3) is 0 Å². The summed E-state index contributed by atoms with van der Waals surface area (Å²) in [6, 6.07) is 5.85. The number of dihydropyridines is 1. The Labute approximate surface area is 97.4 Å². The molecule has 4 heteroatoms. The maximum atomic E-state index is 13.1. The first-order chi connectivity index (χ1) is 7.66. The number of halogens is 2. The van der Waals surface area contributed by atoms with E-state index in [4.69, 9.17) is 11.6 Å². The molecule has 0 bridgehead atoms. The molecule has 2 nitrogen and oxygen atoms in total. The topological polar surface area (TPSA) is 29.1 Å². The Hall–Kier alpha value is -1.61. The van der Waals surface area contributed by atoms with Crippen molar-refractivity contribution in [2.45, 2.75) is 5.00 Å². The summed E-state index contributed by atoms with van der Waals surface area (Å²) in [5.41, 5.74) is 0.846. The maximum Gasteiger partial charge on any atom is 0.167 e. The summed E-state index contributed by atoms with van der Waals surface area (Å²) >= 11 is 6.31. The molecule has 0 fully saturated rings. The SMILES string of the molecule is O=CC1=CC=CNC1(Cl)c1cccc(F)c1. The van der Waals surface area contributed by atoms with Crippen molar-refractivity contribution in [3.63, 3.8) is 0 Å². The van der Waals surface area contributed by atoms with Crippen LogP contribution in [-0.4, -0.2) is 6.29 Å². The van der Waals surface area contributed by atoms with Gasteiger partial charge in [0.2, 0.25) is 0 Å². The molecule has 1 aliphatic heterocycles. The molecule has 0 radical (unpaired) electrons. The number of hydrogen-bond donors (Lipinski definition) is 1. The van der Waals surface area contributed by atoms with E-state index in [0.717, 1.165) is 0 Å². The molecule has 1 heterocycles. The number of rotatable bonds is 2. The second kappa shape index (κ2) is 4.10. The molecule has 0 amide bonds. The van der Waals surface area contributed by atoms with Gasteiger partial charge in [0.1, 0.15) is 12.1 Å². The molecule has 82 valence electrons. The molecule has 0 saturated carbocycles. The summed E-state index contributed by atoms with van der Waals surface area (Å²) in [5, 5.41) is 2.86. The molecule has 1 N–H and O–H groups in total. The maximum absolute atomic E-state index is 13.1. The minimum atomic E-state index is -1.18. The van der Waals surface area contributed by atoms with Gasteiger partial charge in [-0.2, -0.15) is 0 Å². The van der Waals surface area contributed by atoms with Crippen molar-refractivity contribution in [1.82, 2.24) is 5.32 Å². The van der Waals surface area contributed by atoms with E-state index in [2.05, 4.69) is 5.32 Å². The number of alkyl halides is 1. The lowest BCUT2D eigenvalue weighted by Gasteiger charge is -2.30. The predicted molar refractivity (Wildman–Crippen MR) is 60.4 cm³/mol. The highest BCUT2D eigenvalue weighted by Gasteiger charge is 2.34. The minimum absolute atomic E-state index is 0.349. The standard InChI is InChI=1S/C12H9ClFNO/c13-12(9-3-1-5-11(14)7-9)10(8-16)4-2-6-15-12/h1-8,15H. The van der Waals surface area contributed by atoms with Crippen LogP contribution in [0.2, 0.25) is 0 Å². The van der Waals surface area contributed by atoms with E-state index >= 15 is 0 Å². The predicted octanol–water partition coefficient (Wildman–Crippen LogP) is 2.46. The summed E-state index contributed by atoms with van der Waals surface area (Å²) in [4.78, 5) is 9.73. The van der Waals surface area contributed by atoms with E-state index in [1.54, 1.807) is 30.5 Å². The Bertz CT molecular complexity index is 484. The van der Waals surface area contributed by atoms with Crippen molar-refractivity contribution in [1.29, 1.82) is 0 Å². The van der Waals surface area contributed by atoms with Crippen molar-refractivity contribution < 1.29 is 9.18 Å². The Kier molecular flexibility index (Phi) is 2.79. The summed E-state index contributed by atoms with van der Waals surface area (Å²) in [6.45, 7) is 0. The van der Waals surface area contributed by atoms with E-state index in [-0.39, 0.29) is 5.82 Å². The normalized spacial score (nSPS) is 23.5. The lowest BCUT2D eigenvalue weighted by molar-refractivity contribution is -0.105. The molecule has 0 spiro atoms. The molecule has 1 aromatic carbocycles. The lowest BCUT2D eigenvalue weighted by Crippen LogP contribution is -2.37. The van der Waals surface area contributed by atoms with Gasteiger partial charge < -0.3 is 5.32 Å². The number of benzene rings is 1. The number of hydrogen-bond acceptors (Lipinski definition) is 2. The summed E-state index contributed by atoms with van der Waals surface area (Å²) < 4.78 is 13.1. The number of carbonyl (C=O) groups excluding carboxylic acids is 1. The quantitative estimate of drug-likeness (QED) is 0.486. The van der Waals surface area contributed by atoms with Crippen molar-refractivity contribution in [2.75, 3.05) is 0 Å². The van der Waals surface area contributed by atoms with Crippen LogP contribution < -0.4 is 5.32 Å². The third-order valence-electron chi connectivity index (χ3n) is 2.40. The highest BCUT2D eigenvalue weighted by atomic mass is 35.5. The first kappa shape index (κ1) is 10.9. The van der Waals surface area contributed by atoms with Gasteiger partial charge in [0, 0.05) is 11.1 Å². The second-order valence-corrected chi connectivity index (χ2v) is 3.98. The fourth-order valence-corrected chi connectivity index (χ4v) is 1.87. The van der Waals surface area contributed by atoms with Crippen LogP contribution in [0.5, 0.6) is 0 Å². The fraction of sp³-hybridized carbons (Fsp3) is 0.0833. The van der Waals surface area contributed by atoms with Gasteiger partial charge in [0.25, 0.3) is 0 Å². The molecular formula is C12H9ClFNO. The molecule has 16 heavy (non-hydrogen) atoms. The van der Waals surface area contributed by atoms with E-state index in [9.17, 15) is 9.18 Å². The summed E-state index contributed by atoms with van der Waals surface area (Å²) in [6.07, 6.45) is 5.55. The average molecular weight is 238 g/mol. The summed E-state index contributed by atoms with van der Waals surface area (Å²) in [5.74, 6) is -0.390. The Balaban J connectivity index is 2.50. The fourth-order valence-electron chi connectivity index (χ4n) is 1.59. The monoisotopic (exact) mass is 237 g/mol. The highest BCUT2D eigenvalue weighted by Crippen LogP contribution is 2.34. The lowest BCUT2D eigenvalue weighted by atomic mass is 9.96. The average Bonchev–Trinajstić information content (AvgIpc) is 2.30. The number of carbonyl (C=O) groups is 1. The van der Waals surface area contributed by atoms with Gasteiger partial charge in [-0.1, -0.05) is 29.8 Å². The Morgan fingerprint density at radius 2 is 2.25 bits per heavy atom. The molecule has 0 saturated heterocycles. The molecule has 0 aliphatic carbocycles. The smallest absolute Gasteiger partial charge is 0.167 e. The van der Waals surface area contributed by atoms with Crippen LogP contribution in [-0.2, 0) is 9.79 Å². The van der Waals surface area contributed by atoms with Gasteiger partial charge >= 0.3 is 0 Å². The van der Waals surface area contributed by atoms with Crippen molar-refractivity contribution in [3.05, 3.63) is 59.6 Å². The zero-order chi connectivity index (χ0) is 11.6. The van der Waals surface area contributed by atoms with Crippen molar-refractivity contribution >= 4 is 17.9 Å². The Morgan fingerprint density at radius 1 is 1.44 bits per heavy atom. The van der Waals surface area contributed by atoms with E-state index in [1.165, 1.54) is 12.1 Å². The van der Waals surface area contributed by atoms with E-state index in [1.807, 2.05) is 0 Å². The van der Waals surface area contributed by atoms with E-state index in [0.29, 0.717) is 17.4 Å². The summed E-state index contributed by atoms with van der Waals surface area (Å²) in [7, 11) is 0. The van der Waals surface area contributed by atoms with Crippen LogP contribution in [0.4, 0.5) is 4.39 Å². The number of allylic oxidation sites excluding steroid dienone is 2. The first-order valence-corrected chi connectivity index (χ1v) is 5.10. The molecule has 1 atom stereocenters. The Morgan fingerprint density at radius 3 is 2.94 bits per heavy atom. The van der Waals surface area contributed by atoms with Gasteiger partial charge in [0.05, 0.1) is 0 Å². The number of aldehydes is 1. The van der Waals surface area contributed by atoms with Gasteiger partial charge in [-0.25, -0.2) is 4.39 Å². The van der Waals surface area contributed by atoms with Crippen molar-refractivity contribution in [3.8, 4) is 0 Å². The van der Waals surface area contributed by atoms with Crippen LogP contribution in [0.15, 0.2) is 48.2 Å². The molecule has 1 aliphatic rings. The first-order valence-electron chi connectivity index (χ1n) is 4.72. The van der Waals surface area contributed by atoms with Gasteiger partial charge in [0.15, 0.2) is 5.00 Å². The van der Waals surface area contributed by atoms with Gasteiger partial charge in [-0.15, -0.1) is 0 Å². The second-order valence-electron chi connectivity index (χ2n) is 3.41. The third-order valence-corrected chi connectivity index (χ3v) is 2.95.